The Labute approximate surface area is 81.6 Å². The summed E-state index contributed by atoms with van der Waals surface area (Å²) in [7, 11) is 0. The van der Waals surface area contributed by atoms with Crippen LogP contribution in [0.1, 0.15) is 17.3 Å². The van der Waals surface area contributed by atoms with Crippen molar-refractivity contribution in [3.8, 4) is 0 Å². The van der Waals surface area contributed by atoms with Gasteiger partial charge in [0.15, 0.2) is 5.78 Å². The number of hydrogen-bond acceptors (Lipinski definition) is 3. The van der Waals surface area contributed by atoms with Gasteiger partial charge in [0, 0.05) is 17.7 Å². The molecule has 0 fully saturated rings. The molecule has 0 heterocycles. The monoisotopic (exact) mass is 190 g/mol. The van der Waals surface area contributed by atoms with Gasteiger partial charge in [0.2, 0.25) is 5.69 Å². The van der Waals surface area contributed by atoms with Crippen LogP contribution in [-0.4, -0.2) is 10.6 Å². The van der Waals surface area contributed by atoms with E-state index in [1.165, 1.54) is 30.3 Å². The second kappa shape index (κ2) is 4.32. The molecular weight excluding hydrogens is 180 g/mol. The van der Waals surface area contributed by atoms with Gasteiger partial charge in [-0.2, -0.15) is 0 Å². The van der Waals surface area contributed by atoms with Crippen LogP contribution in [0.15, 0.2) is 36.4 Å². The van der Waals surface area contributed by atoms with Crippen molar-refractivity contribution in [3.05, 3.63) is 47.2 Å². The van der Waals surface area contributed by atoms with Crippen LogP contribution in [0.4, 0.5) is 5.69 Å². The zero-order chi connectivity index (χ0) is 10.6. The quantitative estimate of drug-likeness (QED) is 0.262. The Morgan fingerprint density at radius 1 is 1.43 bits per heavy atom. The maximum atomic E-state index is 11.3. The number of nitrogens with zero attached hydrogens (tertiary/aromatic N) is 1. The highest BCUT2D eigenvalue weighted by Crippen LogP contribution is 2.12. The van der Waals surface area contributed by atoms with Crippen LogP contribution in [0.2, 0.25) is 0 Å². The van der Waals surface area contributed by atoms with E-state index in [0.717, 1.165) is 0 Å². The van der Waals surface area contributed by atoms with Gasteiger partial charge < -0.3 is 5.21 Å². The standard InChI is InChI=1S/C10H10N2O2/c1-2-3-10(13)8-4-6-9(7-5-8)12(11)14/h2-7,11H,1H3. The third-order valence-corrected chi connectivity index (χ3v) is 1.70. The smallest absolute Gasteiger partial charge is 0.244 e. The van der Waals surface area contributed by atoms with Gasteiger partial charge >= 0.3 is 0 Å². The first-order valence-electron chi connectivity index (χ1n) is 4.10. The molecule has 4 heteroatoms. The van der Waals surface area contributed by atoms with Crippen LogP contribution in [0.3, 0.4) is 0 Å². The lowest BCUT2D eigenvalue weighted by Gasteiger charge is -1.97. The number of benzene rings is 1. The number of rotatable bonds is 3. The fourth-order valence-corrected chi connectivity index (χ4v) is 1.01. The summed E-state index contributed by atoms with van der Waals surface area (Å²) in [6.45, 7) is 1.76. The van der Waals surface area contributed by atoms with Gasteiger partial charge in [-0.3, -0.25) is 4.79 Å². The van der Waals surface area contributed by atoms with Crippen molar-refractivity contribution in [1.29, 1.82) is 5.53 Å². The minimum absolute atomic E-state index is 0.00389. The first-order valence-corrected chi connectivity index (χ1v) is 4.10. The summed E-state index contributed by atoms with van der Waals surface area (Å²) in [5.41, 5.74) is 7.47. The average Bonchev–Trinajstić information content (AvgIpc) is 2.18. The first-order chi connectivity index (χ1) is 6.65. The van der Waals surface area contributed by atoms with Crippen molar-refractivity contribution in [1.82, 2.24) is 0 Å². The van der Waals surface area contributed by atoms with Gasteiger partial charge in [-0.1, -0.05) is 10.9 Å². The van der Waals surface area contributed by atoms with Gasteiger partial charge in [-0.25, -0.2) is 0 Å². The number of hydrogen-bond donors (Lipinski definition) is 1. The maximum Gasteiger partial charge on any atom is 0.244 e. The van der Waals surface area contributed by atoms with E-state index >= 15 is 0 Å². The first kappa shape index (κ1) is 10.1. The molecule has 1 aromatic carbocycles. The lowest BCUT2D eigenvalue weighted by molar-refractivity contribution is -0.465. The Kier molecular flexibility index (Phi) is 3.12. The summed E-state index contributed by atoms with van der Waals surface area (Å²) < 4.78 is 0. The number of carbonyl (C=O) groups excluding carboxylic acids is 1. The van der Waals surface area contributed by atoms with Crippen molar-refractivity contribution in [2.45, 2.75) is 6.92 Å². The van der Waals surface area contributed by atoms with Gasteiger partial charge in [0.05, 0.1) is 0 Å². The molecule has 0 atom stereocenters. The highest BCUT2D eigenvalue weighted by atomic mass is 16.5. The van der Waals surface area contributed by atoms with E-state index in [-0.39, 0.29) is 16.3 Å². The third-order valence-electron chi connectivity index (χ3n) is 1.70. The van der Waals surface area contributed by atoms with E-state index in [1.807, 2.05) is 0 Å². The third kappa shape index (κ3) is 2.26. The second-order valence-corrected chi connectivity index (χ2v) is 2.71. The summed E-state index contributed by atoms with van der Waals surface area (Å²) >= 11 is 0. The molecule has 0 amide bonds. The average molecular weight is 190 g/mol. The zero-order valence-electron chi connectivity index (χ0n) is 7.73. The molecule has 0 saturated carbocycles. The summed E-state index contributed by atoms with van der Waals surface area (Å²) in [6.07, 6.45) is 3.10. The van der Waals surface area contributed by atoms with Crippen molar-refractivity contribution in [3.63, 3.8) is 0 Å². The summed E-state index contributed by atoms with van der Waals surface area (Å²) in [6, 6.07) is 5.93. The van der Waals surface area contributed by atoms with Crippen LogP contribution in [0.5, 0.6) is 0 Å². The predicted molar refractivity (Wildman–Crippen MR) is 51.6 cm³/mol. The molecule has 0 radical (unpaired) electrons. The Hall–Kier alpha value is -1.97. The fraction of sp³-hybridized carbons (Fsp3) is 0.100. The maximum absolute atomic E-state index is 11.3. The van der Waals surface area contributed by atoms with Gasteiger partial charge in [-0.05, 0) is 30.7 Å². The van der Waals surface area contributed by atoms with E-state index in [4.69, 9.17) is 5.53 Å². The largest absolute Gasteiger partial charge is 0.594 e. The normalized spacial score (nSPS) is 10.4. The van der Waals surface area contributed by atoms with Gasteiger partial charge in [0.25, 0.3) is 0 Å². The number of ketones is 1. The number of nitrogens with one attached hydrogen (secondary N) is 1. The van der Waals surface area contributed by atoms with Crippen molar-refractivity contribution >= 4 is 11.5 Å². The lowest BCUT2D eigenvalue weighted by atomic mass is 10.1. The van der Waals surface area contributed by atoms with Crippen LogP contribution >= 0.6 is 0 Å². The minimum atomic E-state index is -0.110. The Balaban J connectivity index is 2.94. The van der Waals surface area contributed by atoms with Crippen molar-refractivity contribution in [2.24, 2.45) is 0 Å². The Bertz CT molecular complexity index is 380. The highest BCUT2D eigenvalue weighted by molar-refractivity contribution is 6.04. The van der Waals surface area contributed by atoms with E-state index in [2.05, 4.69) is 0 Å². The molecular formula is C10H10N2O2. The van der Waals surface area contributed by atoms with Crippen LogP contribution in [-0.2, 0) is 0 Å². The minimum Gasteiger partial charge on any atom is -0.594 e. The SMILES string of the molecule is CC=CC(=O)c1ccc([N+](=N)[O-])cc1. The van der Waals surface area contributed by atoms with Crippen molar-refractivity contribution in [2.75, 3.05) is 0 Å². The molecule has 0 aliphatic carbocycles. The molecule has 1 rings (SSSR count). The highest BCUT2D eigenvalue weighted by Gasteiger charge is 2.04. The molecule has 72 valence electrons. The van der Waals surface area contributed by atoms with Crippen LogP contribution in [0, 0.1) is 10.7 Å². The van der Waals surface area contributed by atoms with E-state index < -0.39 is 0 Å². The molecule has 0 spiro atoms. The summed E-state index contributed by atoms with van der Waals surface area (Å²) in [4.78, 5) is 11.3. The summed E-state index contributed by atoms with van der Waals surface area (Å²) in [5, 5.41) is 10.5. The Morgan fingerprint density at radius 3 is 2.43 bits per heavy atom. The van der Waals surface area contributed by atoms with Crippen LogP contribution < -0.4 is 0 Å². The van der Waals surface area contributed by atoms with E-state index in [1.54, 1.807) is 13.0 Å². The fourth-order valence-electron chi connectivity index (χ4n) is 1.01. The van der Waals surface area contributed by atoms with E-state index in [0.29, 0.717) is 5.56 Å². The number of allylic oxidation sites excluding steroid dienone is 2. The summed E-state index contributed by atoms with van der Waals surface area (Å²) in [5.74, 6) is -0.110. The molecule has 4 nitrogen and oxygen atoms in total. The van der Waals surface area contributed by atoms with Gasteiger partial charge in [0.1, 0.15) is 0 Å². The van der Waals surface area contributed by atoms with E-state index in [9.17, 15) is 10.0 Å². The Morgan fingerprint density at radius 2 is 2.00 bits per heavy atom. The lowest BCUT2D eigenvalue weighted by Crippen LogP contribution is -1.94. The second-order valence-electron chi connectivity index (χ2n) is 2.71. The topological polar surface area (TPSA) is 67.0 Å². The molecule has 0 aliphatic rings. The molecule has 0 aliphatic heterocycles. The molecule has 0 aromatic heterocycles. The zero-order valence-corrected chi connectivity index (χ0v) is 7.73. The molecule has 1 N–H and O–H groups in total. The molecule has 0 bridgehead atoms. The molecule has 0 saturated heterocycles. The molecule has 0 unspecified atom stereocenters. The van der Waals surface area contributed by atoms with Crippen LogP contribution in [0.25, 0.3) is 0 Å². The van der Waals surface area contributed by atoms with Gasteiger partial charge in [-0.15, -0.1) is 0 Å². The number of carbonyl (C=O) groups is 1. The molecule has 14 heavy (non-hydrogen) atoms. The molecule has 1 aromatic rings. The van der Waals surface area contributed by atoms with Crippen molar-refractivity contribution < 1.29 is 9.66 Å². The predicted octanol–water partition coefficient (Wildman–Crippen LogP) is 2.62.